The lowest BCUT2D eigenvalue weighted by molar-refractivity contribution is -0.144. The van der Waals surface area contributed by atoms with Gasteiger partial charge in [0.1, 0.15) is 5.75 Å². The zero-order valence-corrected chi connectivity index (χ0v) is 13.3. The molecule has 0 spiro atoms. The molecule has 21 heavy (non-hydrogen) atoms. The van der Waals surface area contributed by atoms with Gasteiger partial charge in [-0.3, -0.25) is 9.59 Å². The second kappa shape index (κ2) is 7.67. The molecule has 1 aromatic carbocycles. The van der Waals surface area contributed by atoms with Gasteiger partial charge in [0.25, 0.3) is 0 Å². The molecule has 0 heterocycles. The van der Waals surface area contributed by atoms with E-state index in [1.807, 2.05) is 26.0 Å². The highest BCUT2D eigenvalue weighted by Gasteiger charge is 2.15. The van der Waals surface area contributed by atoms with Gasteiger partial charge in [-0.15, -0.1) is 0 Å². The molecule has 1 unspecified atom stereocenters. The van der Waals surface area contributed by atoms with E-state index in [1.54, 1.807) is 14.0 Å². The molecule has 0 fully saturated rings. The fourth-order valence-electron chi connectivity index (χ4n) is 2.12. The first-order chi connectivity index (χ1) is 9.88. The second-order valence-corrected chi connectivity index (χ2v) is 5.14. The van der Waals surface area contributed by atoms with Crippen LogP contribution in [0, 0.1) is 19.8 Å². The first kappa shape index (κ1) is 17.0. The fraction of sp³-hybridized carbons (Fsp3) is 0.500. The second-order valence-electron chi connectivity index (χ2n) is 5.14. The van der Waals surface area contributed by atoms with Crippen molar-refractivity contribution in [2.24, 2.45) is 5.92 Å². The standard InChI is InChI=1S/C16H23NO4/c1-10-6-13(20-4)7-11(2)14(10)8-15(18)17-9-12(3)16(19)21-5/h6-7,12H,8-9H2,1-5H3,(H,17,18). The lowest BCUT2D eigenvalue weighted by Gasteiger charge is -2.14. The molecule has 0 aliphatic rings. The van der Waals surface area contributed by atoms with Crippen molar-refractivity contribution in [2.75, 3.05) is 20.8 Å². The van der Waals surface area contributed by atoms with Gasteiger partial charge in [-0.25, -0.2) is 0 Å². The van der Waals surface area contributed by atoms with Crippen LogP contribution < -0.4 is 10.1 Å². The number of hydrogen-bond donors (Lipinski definition) is 1. The van der Waals surface area contributed by atoms with Gasteiger partial charge in [-0.2, -0.15) is 0 Å². The average Bonchev–Trinajstić information content (AvgIpc) is 2.47. The van der Waals surface area contributed by atoms with Crippen LogP contribution in [0.4, 0.5) is 0 Å². The summed E-state index contributed by atoms with van der Waals surface area (Å²) in [5, 5.41) is 2.76. The highest BCUT2D eigenvalue weighted by molar-refractivity contribution is 5.80. The van der Waals surface area contributed by atoms with Gasteiger partial charge in [0.15, 0.2) is 0 Å². The predicted octanol–water partition coefficient (Wildman–Crippen LogP) is 1.78. The Bertz CT molecular complexity index is 502. The van der Waals surface area contributed by atoms with Crippen molar-refractivity contribution in [3.8, 4) is 5.75 Å². The van der Waals surface area contributed by atoms with Crippen LogP contribution in [0.2, 0.25) is 0 Å². The van der Waals surface area contributed by atoms with E-state index < -0.39 is 0 Å². The Morgan fingerprint density at radius 3 is 2.24 bits per heavy atom. The molecule has 1 atom stereocenters. The van der Waals surface area contributed by atoms with E-state index in [0.717, 1.165) is 22.4 Å². The molecule has 0 bridgehead atoms. The third-order valence-electron chi connectivity index (χ3n) is 3.45. The zero-order valence-electron chi connectivity index (χ0n) is 13.3. The van der Waals surface area contributed by atoms with Gasteiger partial charge in [-0.05, 0) is 42.7 Å². The molecular formula is C16H23NO4. The molecule has 0 saturated carbocycles. The maximum Gasteiger partial charge on any atom is 0.310 e. The molecule has 0 aromatic heterocycles. The Kier molecular flexibility index (Phi) is 6.21. The van der Waals surface area contributed by atoms with Crippen molar-refractivity contribution in [1.29, 1.82) is 0 Å². The molecule has 0 saturated heterocycles. The summed E-state index contributed by atoms with van der Waals surface area (Å²) in [5.41, 5.74) is 3.02. The first-order valence-corrected chi connectivity index (χ1v) is 6.87. The van der Waals surface area contributed by atoms with Crippen molar-refractivity contribution in [1.82, 2.24) is 5.32 Å². The average molecular weight is 293 g/mol. The minimum atomic E-state index is -0.350. The lowest BCUT2D eigenvalue weighted by atomic mass is 9.99. The van der Waals surface area contributed by atoms with E-state index in [0.29, 0.717) is 0 Å². The Morgan fingerprint density at radius 2 is 1.76 bits per heavy atom. The summed E-state index contributed by atoms with van der Waals surface area (Å²) in [6.45, 7) is 5.90. The molecule has 0 aliphatic carbocycles. The van der Waals surface area contributed by atoms with Crippen LogP contribution in [0.3, 0.4) is 0 Å². The van der Waals surface area contributed by atoms with Gasteiger partial charge < -0.3 is 14.8 Å². The SMILES string of the molecule is COC(=O)C(C)CNC(=O)Cc1c(C)cc(OC)cc1C. The van der Waals surface area contributed by atoms with Crippen LogP contribution in [0.5, 0.6) is 5.75 Å². The van der Waals surface area contributed by atoms with Crippen molar-refractivity contribution in [3.63, 3.8) is 0 Å². The Hall–Kier alpha value is -2.04. The fourth-order valence-corrected chi connectivity index (χ4v) is 2.12. The first-order valence-electron chi connectivity index (χ1n) is 6.87. The number of nitrogens with one attached hydrogen (secondary N) is 1. The third-order valence-corrected chi connectivity index (χ3v) is 3.45. The molecule has 1 aromatic rings. The third kappa shape index (κ3) is 4.77. The minimum absolute atomic E-state index is 0.109. The topological polar surface area (TPSA) is 64.6 Å². The maximum atomic E-state index is 12.0. The number of esters is 1. The number of aryl methyl sites for hydroxylation is 2. The Morgan fingerprint density at radius 1 is 1.19 bits per heavy atom. The Balaban J connectivity index is 2.65. The molecule has 0 radical (unpaired) electrons. The van der Waals surface area contributed by atoms with Crippen LogP contribution in [-0.4, -0.2) is 32.6 Å². The van der Waals surface area contributed by atoms with Crippen LogP contribution in [0.1, 0.15) is 23.6 Å². The molecular weight excluding hydrogens is 270 g/mol. The number of hydrogen-bond acceptors (Lipinski definition) is 4. The summed E-state index contributed by atoms with van der Waals surface area (Å²) < 4.78 is 9.82. The quantitative estimate of drug-likeness (QED) is 0.812. The molecule has 1 N–H and O–H groups in total. The normalized spacial score (nSPS) is 11.7. The monoisotopic (exact) mass is 293 g/mol. The molecule has 1 amide bonds. The number of ether oxygens (including phenoxy) is 2. The van der Waals surface area contributed by atoms with Gasteiger partial charge >= 0.3 is 5.97 Å². The van der Waals surface area contributed by atoms with Gasteiger partial charge in [0.2, 0.25) is 5.91 Å². The van der Waals surface area contributed by atoms with E-state index in [2.05, 4.69) is 10.1 Å². The molecule has 5 nitrogen and oxygen atoms in total. The molecule has 1 rings (SSSR count). The van der Waals surface area contributed by atoms with Crippen LogP contribution in [-0.2, 0) is 20.7 Å². The number of rotatable bonds is 6. The summed E-state index contributed by atoms with van der Waals surface area (Å²) in [6.07, 6.45) is 0.287. The van der Waals surface area contributed by atoms with Gasteiger partial charge in [0.05, 0.1) is 26.6 Å². The van der Waals surface area contributed by atoms with Gasteiger partial charge in [-0.1, -0.05) is 6.92 Å². The molecule has 0 aliphatic heterocycles. The molecule has 116 valence electrons. The van der Waals surface area contributed by atoms with Crippen molar-refractivity contribution >= 4 is 11.9 Å². The summed E-state index contributed by atoms with van der Waals surface area (Å²) in [7, 11) is 2.96. The lowest BCUT2D eigenvalue weighted by Crippen LogP contribution is -2.33. The van der Waals surface area contributed by atoms with Crippen molar-refractivity contribution in [3.05, 3.63) is 28.8 Å². The summed E-state index contributed by atoms with van der Waals surface area (Å²) in [4.78, 5) is 23.3. The molecule has 5 heteroatoms. The van der Waals surface area contributed by atoms with Crippen LogP contribution >= 0.6 is 0 Å². The summed E-state index contributed by atoms with van der Waals surface area (Å²) >= 11 is 0. The number of benzene rings is 1. The van der Waals surface area contributed by atoms with E-state index in [-0.39, 0.29) is 30.8 Å². The van der Waals surface area contributed by atoms with Crippen molar-refractivity contribution in [2.45, 2.75) is 27.2 Å². The predicted molar refractivity (Wildman–Crippen MR) is 80.4 cm³/mol. The van der Waals surface area contributed by atoms with E-state index >= 15 is 0 Å². The van der Waals surface area contributed by atoms with E-state index in [1.165, 1.54) is 7.11 Å². The smallest absolute Gasteiger partial charge is 0.310 e. The van der Waals surface area contributed by atoms with Crippen LogP contribution in [0.15, 0.2) is 12.1 Å². The largest absolute Gasteiger partial charge is 0.497 e. The summed E-state index contributed by atoms with van der Waals surface area (Å²) in [5.74, 6) is -0.000267. The maximum absolute atomic E-state index is 12.0. The van der Waals surface area contributed by atoms with Gasteiger partial charge in [0, 0.05) is 6.54 Å². The number of carbonyl (C=O) groups is 2. The highest BCUT2D eigenvalue weighted by Crippen LogP contribution is 2.22. The Labute approximate surface area is 125 Å². The van der Waals surface area contributed by atoms with Crippen molar-refractivity contribution < 1.29 is 19.1 Å². The summed E-state index contributed by atoms with van der Waals surface area (Å²) in [6, 6.07) is 3.82. The number of carbonyl (C=O) groups excluding carboxylic acids is 2. The minimum Gasteiger partial charge on any atom is -0.497 e. The number of methoxy groups -OCH3 is 2. The van der Waals surface area contributed by atoms with E-state index in [9.17, 15) is 9.59 Å². The van der Waals surface area contributed by atoms with E-state index in [4.69, 9.17) is 4.74 Å². The highest BCUT2D eigenvalue weighted by atomic mass is 16.5. The number of amides is 1. The zero-order chi connectivity index (χ0) is 16.0. The van der Waals surface area contributed by atoms with Crippen LogP contribution in [0.25, 0.3) is 0 Å².